The Morgan fingerprint density at radius 3 is 2.36 bits per heavy atom. The van der Waals surface area contributed by atoms with Gasteiger partial charge in [0.15, 0.2) is 0 Å². The molecule has 22 heavy (non-hydrogen) atoms. The molecule has 2 rings (SSSR count). The summed E-state index contributed by atoms with van der Waals surface area (Å²) in [5.41, 5.74) is -0.507. The van der Waals surface area contributed by atoms with Crippen LogP contribution in [0, 0.1) is 5.92 Å². The van der Waals surface area contributed by atoms with Crippen LogP contribution < -0.4 is 5.32 Å². The lowest BCUT2D eigenvalue weighted by molar-refractivity contribution is -0.125. The molecule has 1 N–H and O–H groups in total. The normalized spacial score (nSPS) is 22.8. The van der Waals surface area contributed by atoms with Gasteiger partial charge < -0.3 is 9.80 Å². The van der Waals surface area contributed by atoms with Crippen LogP contribution in [0.3, 0.4) is 0 Å². The largest absolute Gasteiger partial charge is 0.349 e. The van der Waals surface area contributed by atoms with E-state index < -0.39 is 5.54 Å². The smallest absolute Gasteiger partial charge is 0.254 e. The Kier molecular flexibility index (Phi) is 5.48. The van der Waals surface area contributed by atoms with Crippen LogP contribution in [0.5, 0.6) is 0 Å². The fraction of sp³-hybridized carbons (Fsp3) is 0.882. The number of rotatable bonds is 5. The first-order valence-electron chi connectivity index (χ1n) is 8.70. The predicted molar refractivity (Wildman–Crippen MR) is 91.0 cm³/mol. The lowest BCUT2D eigenvalue weighted by Gasteiger charge is -2.40. The van der Waals surface area contributed by atoms with E-state index in [0.29, 0.717) is 12.0 Å². The van der Waals surface area contributed by atoms with Crippen molar-refractivity contribution in [2.24, 2.45) is 10.9 Å². The molecular formula is C17H32N4O. The van der Waals surface area contributed by atoms with Crippen LogP contribution >= 0.6 is 0 Å². The second-order valence-corrected chi connectivity index (χ2v) is 7.38. The summed E-state index contributed by atoms with van der Waals surface area (Å²) in [5, 5.41) is 2.93. The van der Waals surface area contributed by atoms with E-state index >= 15 is 0 Å². The number of likely N-dealkylation sites (tertiary alicyclic amines) is 1. The molecule has 2 heterocycles. The molecule has 1 saturated heterocycles. The molecule has 0 aliphatic carbocycles. The van der Waals surface area contributed by atoms with Crippen molar-refractivity contribution in [1.82, 2.24) is 15.1 Å². The van der Waals surface area contributed by atoms with Gasteiger partial charge in [0, 0.05) is 33.2 Å². The Bertz CT molecular complexity index is 422. The zero-order valence-corrected chi connectivity index (χ0v) is 14.9. The number of nitrogens with zero attached hydrogens (tertiary/aromatic N) is 3. The second-order valence-electron chi connectivity index (χ2n) is 7.38. The fourth-order valence-electron chi connectivity index (χ4n) is 3.48. The summed E-state index contributed by atoms with van der Waals surface area (Å²) in [5.74, 6) is 1.56. The minimum atomic E-state index is -0.507. The highest BCUT2D eigenvalue weighted by molar-refractivity contribution is 6.07. The van der Waals surface area contributed by atoms with Gasteiger partial charge in [-0.1, -0.05) is 20.8 Å². The molecule has 0 aromatic carbocycles. The molecule has 2 aliphatic heterocycles. The number of guanidine groups is 1. The van der Waals surface area contributed by atoms with Gasteiger partial charge in [-0.2, -0.15) is 0 Å². The highest BCUT2D eigenvalue weighted by atomic mass is 16.2. The van der Waals surface area contributed by atoms with E-state index in [4.69, 9.17) is 4.99 Å². The fourth-order valence-corrected chi connectivity index (χ4v) is 3.48. The van der Waals surface area contributed by atoms with Crippen molar-refractivity contribution in [2.75, 3.05) is 27.2 Å². The van der Waals surface area contributed by atoms with E-state index in [1.54, 1.807) is 0 Å². The average molecular weight is 308 g/mol. The molecule has 0 aromatic heterocycles. The molecule has 1 unspecified atom stereocenters. The molecule has 2 aliphatic rings. The number of aliphatic imine (C=N–C) groups is 1. The second kappa shape index (κ2) is 6.99. The quantitative estimate of drug-likeness (QED) is 0.846. The van der Waals surface area contributed by atoms with Crippen molar-refractivity contribution >= 4 is 11.9 Å². The monoisotopic (exact) mass is 308 g/mol. The summed E-state index contributed by atoms with van der Waals surface area (Å²) < 4.78 is 0. The van der Waals surface area contributed by atoms with E-state index in [0.717, 1.165) is 31.8 Å². The number of amides is 1. The molecule has 1 fully saturated rings. The van der Waals surface area contributed by atoms with Crippen LogP contribution in [0.4, 0.5) is 0 Å². The topological polar surface area (TPSA) is 47.9 Å². The number of hydrogen-bond donors (Lipinski definition) is 1. The maximum absolute atomic E-state index is 12.4. The molecule has 126 valence electrons. The summed E-state index contributed by atoms with van der Waals surface area (Å²) >= 11 is 0. The van der Waals surface area contributed by atoms with E-state index in [1.807, 2.05) is 19.0 Å². The highest BCUT2D eigenvalue weighted by Gasteiger charge is 2.46. The molecular weight excluding hydrogens is 276 g/mol. The van der Waals surface area contributed by atoms with Crippen molar-refractivity contribution in [2.45, 2.75) is 64.5 Å². The Hall–Kier alpha value is -1.10. The van der Waals surface area contributed by atoms with Crippen molar-refractivity contribution in [3.05, 3.63) is 0 Å². The Morgan fingerprint density at radius 2 is 1.91 bits per heavy atom. The zero-order valence-electron chi connectivity index (χ0n) is 14.9. The minimum Gasteiger partial charge on any atom is -0.349 e. The first-order valence-corrected chi connectivity index (χ1v) is 8.70. The number of carbonyl (C=O) groups excluding carboxylic acids is 1. The summed E-state index contributed by atoms with van der Waals surface area (Å²) in [4.78, 5) is 21.5. The van der Waals surface area contributed by atoms with Gasteiger partial charge in [0.1, 0.15) is 5.54 Å². The maximum atomic E-state index is 12.4. The summed E-state index contributed by atoms with van der Waals surface area (Å²) in [7, 11) is 3.85. The Labute approximate surface area is 135 Å². The van der Waals surface area contributed by atoms with E-state index in [9.17, 15) is 4.79 Å². The van der Waals surface area contributed by atoms with Crippen LogP contribution in [0.15, 0.2) is 4.99 Å². The van der Waals surface area contributed by atoms with Gasteiger partial charge in [0.05, 0.1) is 0 Å². The SMILES string of the molecule is CCC(CCC(C)C)N1CCC2(CC1)N=C(N(C)C)NC2=O. The van der Waals surface area contributed by atoms with Gasteiger partial charge >= 0.3 is 0 Å². The predicted octanol–water partition coefficient (Wildman–Crippen LogP) is 2.08. The van der Waals surface area contributed by atoms with Crippen LogP contribution in [0.25, 0.3) is 0 Å². The Balaban J connectivity index is 1.96. The summed E-state index contributed by atoms with van der Waals surface area (Å²) in [6.45, 7) is 8.82. The third-order valence-electron chi connectivity index (χ3n) is 5.08. The molecule has 1 atom stereocenters. The number of carbonyl (C=O) groups is 1. The molecule has 0 aromatic rings. The van der Waals surface area contributed by atoms with E-state index in [-0.39, 0.29) is 5.91 Å². The van der Waals surface area contributed by atoms with Crippen LogP contribution in [-0.4, -0.2) is 60.4 Å². The first-order chi connectivity index (χ1) is 10.4. The van der Waals surface area contributed by atoms with Gasteiger partial charge in [0.25, 0.3) is 5.91 Å². The molecule has 0 radical (unpaired) electrons. The number of nitrogens with one attached hydrogen (secondary N) is 1. The van der Waals surface area contributed by atoms with E-state index in [2.05, 4.69) is 31.0 Å². The number of hydrogen-bond acceptors (Lipinski definition) is 4. The standard InChI is InChI=1S/C17H32N4O/c1-6-14(8-7-13(2)3)21-11-9-17(10-12-21)15(22)18-16(19-17)20(4)5/h13-14H,6-12H2,1-5H3,(H,18,19,22). The molecule has 5 heteroatoms. The maximum Gasteiger partial charge on any atom is 0.254 e. The average Bonchev–Trinajstić information content (AvgIpc) is 2.79. The lowest BCUT2D eigenvalue weighted by atomic mass is 9.86. The van der Waals surface area contributed by atoms with Crippen molar-refractivity contribution in [1.29, 1.82) is 0 Å². The van der Waals surface area contributed by atoms with Gasteiger partial charge in [-0.3, -0.25) is 10.1 Å². The number of piperidine rings is 1. The Morgan fingerprint density at radius 1 is 1.27 bits per heavy atom. The van der Waals surface area contributed by atoms with Crippen molar-refractivity contribution in [3.63, 3.8) is 0 Å². The molecule has 5 nitrogen and oxygen atoms in total. The lowest BCUT2D eigenvalue weighted by Crippen LogP contribution is -2.51. The summed E-state index contributed by atoms with van der Waals surface area (Å²) in [6, 6.07) is 0.654. The third kappa shape index (κ3) is 3.62. The first kappa shape index (κ1) is 17.3. The van der Waals surface area contributed by atoms with Crippen molar-refractivity contribution < 1.29 is 4.79 Å². The molecule has 1 spiro atoms. The van der Waals surface area contributed by atoms with Gasteiger partial charge in [-0.15, -0.1) is 0 Å². The zero-order chi connectivity index (χ0) is 16.3. The van der Waals surface area contributed by atoms with Crippen LogP contribution in [0.2, 0.25) is 0 Å². The molecule has 1 amide bonds. The summed E-state index contributed by atoms with van der Waals surface area (Å²) in [6.07, 6.45) is 5.42. The minimum absolute atomic E-state index is 0.0890. The highest BCUT2D eigenvalue weighted by Crippen LogP contribution is 2.32. The van der Waals surface area contributed by atoms with Gasteiger partial charge in [0.2, 0.25) is 5.96 Å². The molecule has 0 saturated carbocycles. The third-order valence-corrected chi connectivity index (χ3v) is 5.08. The van der Waals surface area contributed by atoms with E-state index in [1.165, 1.54) is 19.3 Å². The van der Waals surface area contributed by atoms with Crippen LogP contribution in [0.1, 0.15) is 52.9 Å². The molecule has 0 bridgehead atoms. The van der Waals surface area contributed by atoms with Gasteiger partial charge in [-0.25, -0.2) is 4.99 Å². The van der Waals surface area contributed by atoms with Crippen molar-refractivity contribution in [3.8, 4) is 0 Å². The van der Waals surface area contributed by atoms with Gasteiger partial charge in [-0.05, 0) is 38.0 Å². The van der Waals surface area contributed by atoms with Crippen LogP contribution in [-0.2, 0) is 4.79 Å².